The second kappa shape index (κ2) is 4.77. The number of amides is 1. The van der Waals surface area contributed by atoms with Crippen molar-refractivity contribution >= 4 is 5.91 Å². The van der Waals surface area contributed by atoms with Crippen molar-refractivity contribution in [2.75, 3.05) is 13.7 Å². The van der Waals surface area contributed by atoms with Gasteiger partial charge in [0, 0.05) is 17.8 Å². The third-order valence-electron chi connectivity index (χ3n) is 4.18. The topological polar surface area (TPSA) is 76.1 Å². The van der Waals surface area contributed by atoms with Crippen molar-refractivity contribution in [3.8, 4) is 6.01 Å². The Balaban J connectivity index is 1.70. The van der Waals surface area contributed by atoms with Gasteiger partial charge in [-0.05, 0) is 38.3 Å². The van der Waals surface area contributed by atoms with E-state index in [1.165, 1.54) is 19.7 Å². The quantitative estimate of drug-likeness (QED) is 0.829. The summed E-state index contributed by atoms with van der Waals surface area (Å²) in [5, 5.41) is 6.62. The molecule has 0 radical (unpaired) electrons. The lowest BCUT2D eigenvalue weighted by atomic mass is 9.73. The van der Waals surface area contributed by atoms with E-state index < -0.39 is 0 Å². The molecule has 1 aromatic rings. The minimum atomic E-state index is -0.152. The van der Waals surface area contributed by atoms with E-state index >= 15 is 0 Å². The van der Waals surface area contributed by atoms with E-state index in [4.69, 9.17) is 4.74 Å². The zero-order valence-electron chi connectivity index (χ0n) is 11.0. The van der Waals surface area contributed by atoms with E-state index in [2.05, 4.69) is 20.6 Å². The van der Waals surface area contributed by atoms with Gasteiger partial charge in [-0.3, -0.25) is 4.79 Å². The van der Waals surface area contributed by atoms with Gasteiger partial charge in [-0.2, -0.15) is 4.98 Å². The molecule has 2 heterocycles. The molecule has 1 saturated heterocycles. The Bertz CT molecular complexity index is 487. The molecule has 0 bridgehead atoms. The Kier molecular flexibility index (Phi) is 3.10. The maximum absolute atomic E-state index is 12.2. The second-order valence-electron chi connectivity index (χ2n) is 5.18. The molecule has 6 heteroatoms. The lowest BCUT2D eigenvalue weighted by molar-refractivity contribution is 0.0875. The van der Waals surface area contributed by atoms with E-state index in [9.17, 15) is 4.79 Å². The average Bonchev–Trinajstić information content (AvgIpc) is 2.82. The smallest absolute Gasteiger partial charge is 0.316 e. The summed E-state index contributed by atoms with van der Waals surface area (Å²) in [6, 6.07) is 2.03. The molecule has 1 aliphatic heterocycles. The molecular weight excluding hydrogens is 244 g/mol. The van der Waals surface area contributed by atoms with Crippen LogP contribution in [0.2, 0.25) is 0 Å². The average molecular weight is 262 g/mol. The van der Waals surface area contributed by atoms with Gasteiger partial charge >= 0.3 is 6.01 Å². The summed E-state index contributed by atoms with van der Waals surface area (Å²) in [6.07, 6.45) is 6.04. The predicted molar refractivity (Wildman–Crippen MR) is 69.0 cm³/mol. The van der Waals surface area contributed by atoms with Gasteiger partial charge in [0.1, 0.15) is 5.69 Å². The Morgan fingerprint density at radius 3 is 3.11 bits per heavy atom. The Morgan fingerprint density at radius 1 is 1.58 bits per heavy atom. The summed E-state index contributed by atoms with van der Waals surface area (Å²) in [7, 11) is 1.49. The number of carbonyl (C=O) groups excluding carboxylic acids is 1. The third kappa shape index (κ3) is 2.16. The first kappa shape index (κ1) is 12.3. The van der Waals surface area contributed by atoms with Crippen molar-refractivity contribution in [2.45, 2.75) is 37.3 Å². The number of hydrogen-bond acceptors (Lipinski definition) is 5. The number of rotatable bonds is 3. The van der Waals surface area contributed by atoms with Crippen molar-refractivity contribution in [2.24, 2.45) is 0 Å². The van der Waals surface area contributed by atoms with Gasteiger partial charge in [-0.25, -0.2) is 4.98 Å². The SMILES string of the molecule is COc1nccc(C(=O)NC2CCNC23CCC3)n1. The highest BCUT2D eigenvalue weighted by molar-refractivity contribution is 5.92. The van der Waals surface area contributed by atoms with Gasteiger partial charge in [-0.1, -0.05) is 0 Å². The lowest BCUT2D eigenvalue weighted by Crippen LogP contribution is -2.59. The summed E-state index contributed by atoms with van der Waals surface area (Å²) < 4.78 is 4.93. The number of aromatic nitrogens is 2. The predicted octanol–water partition coefficient (Wildman–Crippen LogP) is 0.500. The number of hydrogen-bond donors (Lipinski definition) is 2. The molecule has 1 atom stereocenters. The molecule has 1 aromatic heterocycles. The van der Waals surface area contributed by atoms with Crippen LogP contribution in [0.3, 0.4) is 0 Å². The van der Waals surface area contributed by atoms with E-state index in [1.807, 2.05) is 0 Å². The highest BCUT2D eigenvalue weighted by atomic mass is 16.5. The van der Waals surface area contributed by atoms with E-state index in [0.29, 0.717) is 5.69 Å². The van der Waals surface area contributed by atoms with Crippen molar-refractivity contribution in [3.63, 3.8) is 0 Å². The second-order valence-corrected chi connectivity index (χ2v) is 5.18. The fraction of sp³-hybridized carbons (Fsp3) is 0.615. The Hall–Kier alpha value is -1.69. The zero-order valence-corrected chi connectivity index (χ0v) is 11.0. The Labute approximate surface area is 112 Å². The van der Waals surface area contributed by atoms with Gasteiger partial charge in [0.15, 0.2) is 0 Å². The molecule has 19 heavy (non-hydrogen) atoms. The maximum atomic E-state index is 12.2. The van der Waals surface area contributed by atoms with Crippen molar-refractivity contribution in [3.05, 3.63) is 18.0 Å². The van der Waals surface area contributed by atoms with Crippen molar-refractivity contribution in [1.29, 1.82) is 0 Å². The first-order valence-electron chi connectivity index (χ1n) is 6.66. The van der Waals surface area contributed by atoms with Crippen LogP contribution < -0.4 is 15.4 Å². The van der Waals surface area contributed by atoms with Crippen LogP contribution in [0.4, 0.5) is 0 Å². The van der Waals surface area contributed by atoms with Gasteiger partial charge in [0.05, 0.1) is 7.11 Å². The number of nitrogens with one attached hydrogen (secondary N) is 2. The molecule has 102 valence electrons. The van der Waals surface area contributed by atoms with Crippen LogP contribution in [-0.4, -0.2) is 41.1 Å². The summed E-state index contributed by atoms with van der Waals surface area (Å²) in [4.78, 5) is 20.2. The molecule has 1 amide bonds. The molecule has 2 fully saturated rings. The van der Waals surface area contributed by atoms with Crippen LogP contribution in [0, 0.1) is 0 Å². The number of nitrogens with zero attached hydrogens (tertiary/aromatic N) is 2. The van der Waals surface area contributed by atoms with Crippen LogP contribution in [-0.2, 0) is 0 Å². The van der Waals surface area contributed by atoms with Crippen LogP contribution in [0.5, 0.6) is 6.01 Å². The molecule has 3 rings (SSSR count). The standard InChI is InChI=1S/C13H18N4O2/c1-19-12-14-7-3-9(16-12)11(18)17-10-4-8-15-13(10)5-2-6-13/h3,7,10,15H,2,4-6,8H2,1H3,(H,17,18). The van der Waals surface area contributed by atoms with Gasteiger partial charge in [-0.15, -0.1) is 0 Å². The molecule has 1 saturated carbocycles. The molecule has 0 aromatic carbocycles. The third-order valence-corrected chi connectivity index (χ3v) is 4.18. The highest BCUT2D eigenvalue weighted by Gasteiger charge is 2.47. The molecule has 1 unspecified atom stereocenters. The first-order valence-corrected chi connectivity index (χ1v) is 6.66. The van der Waals surface area contributed by atoms with Crippen molar-refractivity contribution < 1.29 is 9.53 Å². The van der Waals surface area contributed by atoms with Gasteiger partial charge in [0.25, 0.3) is 5.91 Å². The van der Waals surface area contributed by atoms with E-state index in [-0.39, 0.29) is 23.5 Å². The van der Waals surface area contributed by atoms with Crippen LogP contribution >= 0.6 is 0 Å². The van der Waals surface area contributed by atoms with Gasteiger partial charge < -0.3 is 15.4 Å². The normalized spacial score (nSPS) is 23.9. The molecule has 2 aliphatic rings. The summed E-state index contributed by atoms with van der Waals surface area (Å²) >= 11 is 0. The minimum absolute atomic E-state index is 0.132. The zero-order chi connectivity index (χ0) is 13.3. The molecule has 1 spiro atoms. The fourth-order valence-electron chi connectivity index (χ4n) is 2.96. The number of ether oxygens (including phenoxy) is 1. The lowest BCUT2D eigenvalue weighted by Gasteiger charge is -2.43. The molecule has 6 nitrogen and oxygen atoms in total. The molecular formula is C13H18N4O2. The number of carbonyl (C=O) groups is 1. The van der Waals surface area contributed by atoms with Crippen molar-refractivity contribution in [1.82, 2.24) is 20.6 Å². The Morgan fingerprint density at radius 2 is 2.42 bits per heavy atom. The van der Waals surface area contributed by atoms with Crippen LogP contribution in [0.15, 0.2) is 12.3 Å². The molecule has 2 N–H and O–H groups in total. The fourth-order valence-corrected chi connectivity index (χ4v) is 2.96. The monoisotopic (exact) mass is 262 g/mol. The highest BCUT2D eigenvalue weighted by Crippen LogP contribution is 2.39. The van der Waals surface area contributed by atoms with E-state index in [0.717, 1.165) is 25.8 Å². The summed E-state index contributed by atoms with van der Waals surface area (Å²) in [5.74, 6) is -0.152. The largest absolute Gasteiger partial charge is 0.467 e. The number of methoxy groups -OCH3 is 1. The summed E-state index contributed by atoms with van der Waals surface area (Å²) in [5.41, 5.74) is 0.487. The van der Waals surface area contributed by atoms with Crippen LogP contribution in [0.1, 0.15) is 36.2 Å². The first-order chi connectivity index (χ1) is 9.23. The minimum Gasteiger partial charge on any atom is -0.467 e. The summed E-state index contributed by atoms with van der Waals surface area (Å²) in [6.45, 7) is 0.970. The van der Waals surface area contributed by atoms with E-state index in [1.54, 1.807) is 6.07 Å². The van der Waals surface area contributed by atoms with Crippen LogP contribution in [0.25, 0.3) is 0 Å². The van der Waals surface area contributed by atoms with Gasteiger partial charge in [0.2, 0.25) is 0 Å². The molecule has 1 aliphatic carbocycles. The maximum Gasteiger partial charge on any atom is 0.316 e.